The minimum Gasteiger partial charge on any atom is -0.497 e. The van der Waals surface area contributed by atoms with Crippen LogP contribution in [0.25, 0.3) is 0 Å². The van der Waals surface area contributed by atoms with E-state index < -0.39 is 0 Å². The maximum absolute atomic E-state index is 5.58. The first-order valence-electron chi connectivity index (χ1n) is 7.47. The van der Waals surface area contributed by atoms with Crippen LogP contribution in [0.1, 0.15) is 18.4 Å². The molecule has 0 aliphatic heterocycles. The first-order valence-corrected chi connectivity index (χ1v) is 7.47. The summed E-state index contributed by atoms with van der Waals surface area (Å²) in [5.74, 6) is 2.48. The number of aliphatic imine (C=N–C) groups is 1. The summed E-state index contributed by atoms with van der Waals surface area (Å²) in [5, 5.41) is 6.52. The molecule has 2 N–H and O–H groups in total. The molecule has 0 atom stereocenters. The van der Waals surface area contributed by atoms with Crippen molar-refractivity contribution in [2.75, 3.05) is 33.9 Å². The normalized spacial score (nSPS) is 14.9. The van der Waals surface area contributed by atoms with Gasteiger partial charge >= 0.3 is 0 Å². The van der Waals surface area contributed by atoms with E-state index in [1.165, 1.54) is 18.4 Å². The summed E-state index contributed by atoms with van der Waals surface area (Å²) < 4.78 is 10.7. The molecular formula is C16H25N3O2. The van der Waals surface area contributed by atoms with Gasteiger partial charge in [-0.1, -0.05) is 12.1 Å². The van der Waals surface area contributed by atoms with E-state index in [1.807, 2.05) is 24.3 Å². The Morgan fingerprint density at radius 2 is 2.00 bits per heavy atom. The number of ether oxygens (including phenoxy) is 2. The Balaban J connectivity index is 1.61. The van der Waals surface area contributed by atoms with Crippen LogP contribution in [0, 0.1) is 5.92 Å². The van der Waals surface area contributed by atoms with Gasteiger partial charge in [-0.05, 0) is 36.5 Å². The van der Waals surface area contributed by atoms with Crippen molar-refractivity contribution >= 4 is 5.96 Å². The fourth-order valence-electron chi connectivity index (χ4n) is 1.93. The van der Waals surface area contributed by atoms with Crippen LogP contribution in [-0.2, 0) is 11.3 Å². The molecule has 1 saturated carbocycles. The number of benzene rings is 1. The van der Waals surface area contributed by atoms with E-state index >= 15 is 0 Å². The Labute approximate surface area is 126 Å². The summed E-state index contributed by atoms with van der Waals surface area (Å²) in [7, 11) is 3.44. The van der Waals surface area contributed by atoms with Crippen molar-refractivity contribution in [1.29, 1.82) is 0 Å². The fraction of sp³-hybridized carbons (Fsp3) is 0.562. The molecule has 1 fully saturated rings. The summed E-state index contributed by atoms with van der Waals surface area (Å²) in [5.41, 5.74) is 1.18. The van der Waals surface area contributed by atoms with E-state index in [0.29, 0.717) is 0 Å². The Bertz CT molecular complexity index is 441. The molecule has 0 unspecified atom stereocenters. The molecular weight excluding hydrogens is 266 g/mol. The van der Waals surface area contributed by atoms with Crippen molar-refractivity contribution in [1.82, 2.24) is 10.6 Å². The summed E-state index contributed by atoms with van der Waals surface area (Å²) in [6.07, 6.45) is 2.66. The molecule has 1 aliphatic carbocycles. The first-order chi connectivity index (χ1) is 10.3. The maximum Gasteiger partial charge on any atom is 0.191 e. The molecule has 1 aromatic carbocycles. The van der Waals surface area contributed by atoms with Gasteiger partial charge in [-0.3, -0.25) is 4.99 Å². The lowest BCUT2D eigenvalue weighted by atomic mass is 10.2. The lowest BCUT2D eigenvalue weighted by molar-refractivity contribution is 0.129. The van der Waals surface area contributed by atoms with Gasteiger partial charge in [-0.2, -0.15) is 0 Å². The molecule has 0 radical (unpaired) electrons. The second-order valence-corrected chi connectivity index (χ2v) is 5.22. The van der Waals surface area contributed by atoms with Crippen molar-refractivity contribution in [3.05, 3.63) is 29.8 Å². The molecule has 0 saturated heterocycles. The Kier molecular flexibility index (Phi) is 6.34. The van der Waals surface area contributed by atoms with Crippen LogP contribution in [-0.4, -0.2) is 39.9 Å². The van der Waals surface area contributed by atoms with Crippen LogP contribution in [0.3, 0.4) is 0 Å². The molecule has 0 bridgehead atoms. The molecule has 0 amide bonds. The van der Waals surface area contributed by atoms with Gasteiger partial charge in [0, 0.05) is 26.7 Å². The molecule has 5 nitrogen and oxygen atoms in total. The average molecular weight is 291 g/mol. The lowest BCUT2D eigenvalue weighted by Crippen LogP contribution is -2.38. The molecule has 5 heteroatoms. The fourth-order valence-corrected chi connectivity index (χ4v) is 1.93. The monoisotopic (exact) mass is 291 g/mol. The zero-order valence-corrected chi connectivity index (χ0v) is 12.9. The molecule has 0 heterocycles. The van der Waals surface area contributed by atoms with Crippen LogP contribution in [0.15, 0.2) is 29.3 Å². The number of hydrogen-bond donors (Lipinski definition) is 2. The molecule has 2 rings (SSSR count). The number of guanidine groups is 1. The Morgan fingerprint density at radius 1 is 1.24 bits per heavy atom. The zero-order valence-electron chi connectivity index (χ0n) is 12.9. The number of rotatable bonds is 8. The molecule has 1 aliphatic rings. The summed E-state index contributed by atoms with van der Waals surface area (Å²) >= 11 is 0. The third-order valence-corrected chi connectivity index (χ3v) is 3.43. The number of nitrogens with zero attached hydrogens (tertiary/aromatic N) is 1. The van der Waals surface area contributed by atoms with Gasteiger partial charge in [-0.15, -0.1) is 0 Å². The van der Waals surface area contributed by atoms with E-state index in [4.69, 9.17) is 9.47 Å². The van der Waals surface area contributed by atoms with Crippen molar-refractivity contribution in [3.8, 4) is 5.75 Å². The van der Waals surface area contributed by atoms with E-state index in [0.717, 1.165) is 43.9 Å². The minimum atomic E-state index is 0.722. The molecule has 0 aromatic heterocycles. The average Bonchev–Trinajstić information content (AvgIpc) is 3.35. The standard InChI is InChI=1S/C16H25N3O2/c1-17-16(18-9-10-21-12-14-3-4-14)19-11-13-5-7-15(20-2)8-6-13/h5-8,14H,3-4,9-12H2,1-2H3,(H2,17,18,19). The largest absolute Gasteiger partial charge is 0.497 e. The quantitative estimate of drug-likeness (QED) is 0.435. The number of nitrogens with one attached hydrogen (secondary N) is 2. The Hall–Kier alpha value is -1.75. The predicted octanol–water partition coefficient (Wildman–Crippen LogP) is 1.79. The molecule has 1 aromatic rings. The van der Waals surface area contributed by atoms with Crippen LogP contribution in [0.4, 0.5) is 0 Å². The van der Waals surface area contributed by atoms with Crippen molar-refractivity contribution < 1.29 is 9.47 Å². The highest BCUT2D eigenvalue weighted by atomic mass is 16.5. The SMILES string of the molecule is CN=C(NCCOCC1CC1)NCc1ccc(OC)cc1. The molecule has 116 valence electrons. The van der Waals surface area contributed by atoms with Gasteiger partial charge in [0.05, 0.1) is 13.7 Å². The van der Waals surface area contributed by atoms with E-state index in [9.17, 15) is 0 Å². The zero-order chi connectivity index (χ0) is 14.9. The van der Waals surface area contributed by atoms with Crippen LogP contribution < -0.4 is 15.4 Å². The van der Waals surface area contributed by atoms with Gasteiger partial charge in [0.1, 0.15) is 5.75 Å². The predicted molar refractivity (Wildman–Crippen MR) is 84.7 cm³/mol. The summed E-state index contributed by atoms with van der Waals surface area (Å²) in [6.45, 7) is 3.13. The third-order valence-electron chi connectivity index (χ3n) is 3.43. The van der Waals surface area contributed by atoms with Gasteiger partial charge in [0.2, 0.25) is 0 Å². The van der Waals surface area contributed by atoms with E-state index in [1.54, 1.807) is 14.2 Å². The summed E-state index contributed by atoms with van der Waals surface area (Å²) in [6, 6.07) is 7.99. The van der Waals surface area contributed by atoms with Gasteiger partial charge in [0.15, 0.2) is 5.96 Å². The molecule has 0 spiro atoms. The number of hydrogen-bond acceptors (Lipinski definition) is 3. The smallest absolute Gasteiger partial charge is 0.191 e. The summed E-state index contributed by atoms with van der Waals surface area (Å²) in [4.78, 5) is 4.20. The van der Waals surface area contributed by atoms with Crippen LogP contribution in [0.5, 0.6) is 5.75 Å². The minimum absolute atomic E-state index is 0.722. The molecule has 21 heavy (non-hydrogen) atoms. The van der Waals surface area contributed by atoms with Crippen molar-refractivity contribution in [2.45, 2.75) is 19.4 Å². The van der Waals surface area contributed by atoms with Crippen molar-refractivity contribution in [3.63, 3.8) is 0 Å². The van der Waals surface area contributed by atoms with E-state index in [2.05, 4.69) is 15.6 Å². The van der Waals surface area contributed by atoms with Gasteiger partial charge in [0.25, 0.3) is 0 Å². The van der Waals surface area contributed by atoms with Crippen LogP contribution in [0.2, 0.25) is 0 Å². The highest BCUT2D eigenvalue weighted by Crippen LogP contribution is 2.28. The first kappa shape index (κ1) is 15.6. The highest BCUT2D eigenvalue weighted by Gasteiger charge is 2.20. The van der Waals surface area contributed by atoms with Crippen LogP contribution >= 0.6 is 0 Å². The third kappa shape index (κ3) is 6.04. The number of methoxy groups -OCH3 is 1. The van der Waals surface area contributed by atoms with Gasteiger partial charge < -0.3 is 20.1 Å². The topological polar surface area (TPSA) is 54.9 Å². The van der Waals surface area contributed by atoms with Gasteiger partial charge in [-0.25, -0.2) is 0 Å². The second-order valence-electron chi connectivity index (χ2n) is 5.22. The Morgan fingerprint density at radius 3 is 2.62 bits per heavy atom. The lowest BCUT2D eigenvalue weighted by Gasteiger charge is -2.12. The maximum atomic E-state index is 5.58. The highest BCUT2D eigenvalue weighted by molar-refractivity contribution is 5.79. The van der Waals surface area contributed by atoms with Crippen molar-refractivity contribution in [2.24, 2.45) is 10.9 Å². The van der Waals surface area contributed by atoms with E-state index in [-0.39, 0.29) is 0 Å². The second kappa shape index (κ2) is 8.52.